The maximum Gasteiger partial charge on any atom is 0.189 e. The molecule has 0 fully saturated rings. The van der Waals surface area contributed by atoms with Crippen LogP contribution in [0.15, 0.2) is 23.2 Å². The number of halogens is 2. The molecule has 0 saturated heterocycles. The van der Waals surface area contributed by atoms with Crippen LogP contribution in [-0.4, -0.2) is 12.5 Å². The average molecular weight is 244 g/mol. The van der Waals surface area contributed by atoms with E-state index < -0.39 is 0 Å². The minimum atomic E-state index is 0.105. The summed E-state index contributed by atoms with van der Waals surface area (Å²) in [6, 6.07) is 5.53. The molecule has 1 aliphatic rings. The van der Waals surface area contributed by atoms with Crippen LogP contribution in [0.5, 0.6) is 0 Å². The monoisotopic (exact) mass is 243 g/mol. The number of aliphatic imine (C=N–C) groups is 1. The van der Waals surface area contributed by atoms with Gasteiger partial charge in [-0.15, -0.1) is 0 Å². The van der Waals surface area contributed by atoms with E-state index in [0.29, 0.717) is 22.5 Å². The highest BCUT2D eigenvalue weighted by Crippen LogP contribution is 2.29. The second-order valence-electron chi connectivity index (χ2n) is 3.42. The zero-order valence-corrected chi connectivity index (χ0v) is 9.52. The highest BCUT2D eigenvalue weighted by atomic mass is 35.5. The third kappa shape index (κ3) is 2.36. The summed E-state index contributed by atoms with van der Waals surface area (Å²) in [6.45, 7) is 0.715. The molecule has 80 valence electrons. The van der Waals surface area contributed by atoms with Gasteiger partial charge in [0.2, 0.25) is 0 Å². The Morgan fingerprint density at radius 3 is 2.93 bits per heavy atom. The molecule has 3 N–H and O–H groups in total. The molecule has 3 nitrogen and oxygen atoms in total. The Hall–Kier alpha value is -0.930. The molecule has 0 aliphatic carbocycles. The minimum absolute atomic E-state index is 0.105. The lowest BCUT2D eigenvalue weighted by atomic mass is 10.0. The van der Waals surface area contributed by atoms with Crippen LogP contribution >= 0.6 is 23.2 Å². The summed E-state index contributed by atoms with van der Waals surface area (Å²) in [7, 11) is 0. The Bertz CT molecular complexity index is 404. The van der Waals surface area contributed by atoms with Crippen molar-refractivity contribution in [2.75, 3.05) is 6.54 Å². The molecule has 1 aromatic rings. The van der Waals surface area contributed by atoms with Gasteiger partial charge in [-0.05, 0) is 30.2 Å². The first-order valence-electron chi connectivity index (χ1n) is 4.68. The van der Waals surface area contributed by atoms with Gasteiger partial charge in [-0.1, -0.05) is 23.2 Å². The fourth-order valence-electron chi connectivity index (χ4n) is 1.63. The molecule has 1 aliphatic heterocycles. The van der Waals surface area contributed by atoms with Crippen LogP contribution in [0.3, 0.4) is 0 Å². The number of guanidine groups is 1. The van der Waals surface area contributed by atoms with Crippen LogP contribution in [-0.2, 0) is 0 Å². The molecule has 0 bridgehead atoms. The number of nitrogens with zero attached hydrogens (tertiary/aromatic N) is 1. The summed E-state index contributed by atoms with van der Waals surface area (Å²) in [4.78, 5) is 4.06. The predicted molar refractivity (Wildman–Crippen MR) is 63.4 cm³/mol. The van der Waals surface area contributed by atoms with E-state index in [1.165, 1.54) is 0 Å². The topological polar surface area (TPSA) is 50.4 Å². The maximum absolute atomic E-state index is 6.10. The second kappa shape index (κ2) is 4.29. The van der Waals surface area contributed by atoms with Crippen LogP contribution in [0.1, 0.15) is 18.0 Å². The molecule has 0 amide bonds. The van der Waals surface area contributed by atoms with E-state index in [0.717, 1.165) is 12.0 Å². The van der Waals surface area contributed by atoms with Crippen molar-refractivity contribution >= 4 is 29.2 Å². The Morgan fingerprint density at radius 2 is 2.20 bits per heavy atom. The Balaban J connectivity index is 2.29. The van der Waals surface area contributed by atoms with E-state index >= 15 is 0 Å². The quantitative estimate of drug-likeness (QED) is 0.796. The largest absolute Gasteiger partial charge is 0.370 e. The van der Waals surface area contributed by atoms with E-state index in [4.69, 9.17) is 28.9 Å². The molecule has 1 atom stereocenters. The van der Waals surface area contributed by atoms with E-state index in [1.54, 1.807) is 12.1 Å². The average Bonchev–Trinajstić information content (AvgIpc) is 2.22. The summed E-state index contributed by atoms with van der Waals surface area (Å²) in [5, 5.41) is 4.46. The molecular weight excluding hydrogens is 233 g/mol. The first kappa shape index (κ1) is 10.6. The Labute approximate surface area is 98.3 Å². The predicted octanol–water partition coefficient (Wildman–Crippen LogP) is 2.34. The van der Waals surface area contributed by atoms with Crippen LogP contribution in [0.25, 0.3) is 0 Å². The van der Waals surface area contributed by atoms with E-state index in [2.05, 4.69) is 10.3 Å². The molecule has 0 saturated carbocycles. The van der Waals surface area contributed by atoms with Gasteiger partial charge in [-0.25, -0.2) is 0 Å². The molecule has 2 rings (SSSR count). The van der Waals surface area contributed by atoms with Crippen molar-refractivity contribution in [3.8, 4) is 0 Å². The SMILES string of the molecule is NC1=NCCC(c2cc(Cl)ccc2Cl)N1. The van der Waals surface area contributed by atoms with Crippen molar-refractivity contribution in [2.24, 2.45) is 10.7 Å². The third-order valence-electron chi connectivity index (χ3n) is 2.36. The zero-order chi connectivity index (χ0) is 10.8. The summed E-state index contributed by atoms with van der Waals surface area (Å²) in [5.41, 5.74) is 6.59. The van der Waals surface area contributed by atoms with Crippen molar-refractivity contribution in [2.45, 2.75) is 12.5 Å². The van der Waals surface area contributed by atoms with Gasteiger partial charge in [0.05, 0.1) is 6.04 Å². The molecule has 1 heterocycles. The van der Waals surface area contributed by atoms with Gasteiger partial charge >= 0.3 is 0 Å². The molecular formula is C10H11Cl2N3. The normalized spacial score (nSPS) is 20.7. The van der Waals surface area contributed by atoms with E-state index in [9.17, 15) is 0 Å². The number of rotatable bonds is 1. The second-order valence-corrected chi connectivity index (χ2v) is 4.26. The minimum Gasteiger partial charge on any atom is -0.370 e. The lowest BCUT2D eigenvalue weighted by molar-refractivity contribution is 0.569. The van der Waals surface area contributed by atoms with Crippen LogP contribution in [0.4, 0.5) is 0 Å². The molecule has 0 aromatic heterocycles. The van der Waals surface area contributed by atoms with Gasteiger partial charge in [0.1, 0.15) is 0 Å². The van der Waals surface area contributed by atoms with Crippen LogP contribution in [0.2, 0.25) is 10.0 Å². The zero-order valence-electron chi connectivity index (χ0n) is 8.00. The standard InChI is InChI=1S/C10H11Cl2N3/c11-6-1-2-8(12)7(5-6)9-3-4-14-10(13)15-9/h1-2,5,9H,3-4H2,(H3,13,14,15). The number of hydrogen-bond acceptors (Lipinski definition) is 3. The molecule has 5 heteroatoms. The van der Waals surface area contributed by atoms with Crippen molar-refractivity contribution in [3.63, 3.8) is 0 Å². The first-order chi connectivity index (χ1) is 7.16. The molecule has 1 aromatic carbocycles. The Kier molecular flexibility index (Phi) is 3.03. The van der Waals surface area contributed by atoms with Crippen molar-refractivity contribution in [3.05, 3.63) is 33.8 Å². The van der Waals surface area contributed by atoms with Crippen molar-refractivity contribution < 1.29 is 0 Å². The molecule has 15 heavy (non-hydrogen) atoms. The summed E-state index contributed by atoms with van der Waals surface area (Å²) < 4.78 is 0. The van der Waals surface area contributed by atoms with Gasteiger partial charge in [0.15, 0.2) is 5.96 Å². The molecule has 1 unspecified atom stereocenters. The van der Waals surface area contributed by atoms with Crippen molar-refractivity contribution in [1.29, 1.82) is 0 Å². The van der Waals surface area contributed by atoms with Crippen LogP contribution in [0, 0.1) is 0 Å². The third-order valence-corrected chi connectivity index (χ3v) is 2.93. The van der Waals surface area contributed by atoms with Gasteiger partial charge in [-0.3, -0.25) is 4.99 Å². The number of benzene rings is 1. The highest BCUT2D eigenvalue weighted by Gasteiger charge is 2.18. The first-order valence-corrected chi connectivity index (χ1v) is 5.44. The van der Waals surface area contributed by atoms with Gasteiger partial charge in [0, 0.05) is 16.6 Å². The van der Waals surface area contributed by atoms with Crippen LogP contribution < -0.4 is 11.1 Å². The Morgan fingerprint density at radius 1 is 1.40 bits per heavy atom. The lowest BCUT2D eigenvalue weighted by Gasteiger charge is -2.23. The fraction of sp³-hybridized carbons (Fsp3) is 0.300. The lowest BCUT2D eigenvalue weighted by Crippen LogP contribution is -2.38. The van der Waals surface area contributed by atoms with E-state index in [-0.39, 0.29) is 6.04 Å². The number of nitrogens with one attached hydrogen (secondary N) is 1. The summed E-state index contributed by atoms with van der Waals surface area (Å²) in [6.07, 6.45) is 0.876. The smallest absolute Gasteiger partial charge is 0.189 e. The maximum atomic E-state index is 6.10. The fourth-order valence-corrected chi connectivity index (χ4v) is 2.06. The van der Waals surface area contributed by atoms with Crippen molar-refractivity contribution in [1.82, 2.24) is 5.32 Å². The van der Waals surface area contributed by atoms with Gasteiger partial charge in [0.25, 0.3) is 0 Å². The highest BCUT2D eigenvalue weighted by molar-refractivity contribution is 6.33. The molecule has 0 radical (unpaired) electrons. The number of hydrogen-bond donors (Lipinski definition) is 2. The van der Waals surface area contributed by atoms with Gasteiger partial charge < -0.3 is 11.1 Å². The molecule has 0 spiro atoms. The summed E-state index contributed by atoms with van der Waals surface area (Å²) in [5.74, 6) is 0.460. The van der Waals surface area contributed by atoms with E-state index in [1.807, 2.05) is 6.07 Å². The van der Waals surface area contributed by atoms with Gasteiger partial charge in [-0.2, -0.15) is 0 Å². The number of nitrogens with two attached hydrogens (primary N) is 1. The summed E-state index contributed by atoms with van der Waals surface area (Å²) >= 11 is 12.0.